The maximum Gasteiger partial charge on any atom is 0.433 e. The smallest absolute Gasteiger partial charge is 0.367 e. The molecule has 4 aromatic heterocycles. The average molecular weight is 641 g/mol. The Hall–Kier alpha value is -4.16. The van der Waals surface area contributed by atoms with E-state index < -0.39 is 29.9 Å². The average Bonchev–Trinajstić information content (AvgIpc) is 3.75. The summed E-state index contributed by atoms with van der Waals surface area (Å²) in [6, 6.07) is 6.94. The van der Waals surface area contributed by atoms with E-state index in [1.165, 1.54) is 11.2 Å². The van der Waals surface area contributed by atoms with Crippen LogP contribution in [0.15, 0.2) is 43.1 Å². The van der Waals surface area contributed by atoms with Gasteiger partial charge >= 0.3 is 6.18 Å². The highest BCUT2D eigenvalue weighted by atomic mass is 19.4. The van der Waals surface area contributed by atoms with E-state index in [4.69, 9.17) is 0 Å². The van der Waals surface area contributed by atoms with Crippen LogP contribution in [0.1, 0.15) is 49.8 Å². The van der Waals surface area contributed by atoms with Crippen molar-refractivity contribution in [3.05, 3.63) is 54.4 Å². The van der Waals surface area contributed by atoms with E-state index >= 15 is 0 Å². The summed E-state index contributed by atoms with van der Waals surface area (Å²) in [7, 11) is 0. The quantitative estimate of drug-likeness (QED) is 0.246. The number of halogens is 5. The number of nitrogens with zero attached hydrogens (tertiary/aromatic N) is 8. The van der Waals surface area contributed by atoms with Crippen molar-refractivity contribution >= 4 is 16.9 Å². The van der Waals surface area contributed by atoms with Gasteiger partial charge in [-0.15, -0.1) is 0 Å². The number of pyridine rings is 1. The Balaban J connectivity index is 0.981. The van der Waals surface area contributed by atoms with Crippen molar-refractivity contribution in [3.8, 4) is 17.3 Å². The Bertz CT molecular complexity index is 1740. The lowest BCUT2D eigenvalue weighted by molar-refractivity contribution is -0.141. The van der Waals surface area contributed by atoms with Gasteiger partial charge in [0.05, 0.1) is 36.5 Å². The topological polar surface area (TPSA) is 115 Å². The van der Waals surface area contributed by atoms with Crippen molar-refractivity contribution < 1.29 is 22.0 Å². The standard InChI is InChI=1S/C31H33F5N10/c32-30(33)5-10-44(18-30)16-20-11-25(31(34,35)36)43-26(12-20)42-22-2-8-45(9-3-22)23-13-29(14-23,4-6-37)46-17-21(15-41-46)27-24-1-7-38-28(24)40-19-39-27/h1,7,11-12,15,17,19,22-23H,2-5,8-10,13-14,16,18H2,(H,42,43)(H,38,39,40). The van der Waals surface area contributed by atoms with Gasteiger partial charge in [-0.3, -0.25) is 9.58 Å². The fraction of sp³-hybridized carbons (Fsp3) is 0.516. The molecule has 2 aliphatic heterocycles. The predicted molar refractivity (Wildman–Crippen MR) is 159 cm³/mol. The van der Waals surface area contributed by atoms with E-state index in [0.717, 1.165) is 54.3 Å². The van der Waals surface area contributed by atoms with Gasteiger partial charge in [0.1, 0.15) is 23.5 Å². The zero-order valence-electron chi connectivity index (χ0n) is 24.9. The Labute approximate surface area is 261 Å². The maximum absolute atomic E-state index is 13.7. The Morgan fingerprint density at radius 2 is 1.91 bits per heavy atom. The summed E-state index contributed by atoms with van der Waals surface area (Å²) in [5.74, 6) is -2.71. The first-order valence-corrected chi connectivity index (χ1v) is 15.4. The fourth-order valence-electron chi connectivity index (χ4n) is 7.16. The van der Waals surface area contributed by atoms with Crippen LogP contribution in [0, 0.1) is 11.3 Å². The molecular weight excluding hydrogens is 607 g/mol. The summed E-state index contributed by atoms with van der Waals surface area (Å²) >= 11 is 0. The maximum atomic E-state index is 13.7. The second-order valence-electron chi connectivity index (χ2n) is 12.8. The number of alkyl halides is 5. The fourth-order valence-corrected chi connectivity index (χ4v) is 7.16. The largest absolute Gasteiger partial charge is 0.433 e. The van der Waals surface area contributed by atoms with E-state index in [9.17, 15) is 27.2 Å². The monoisotopic (exact) mass is 640 g/mol. The van der Waals surface area contributed by atoms with Crippen LogP contribution in [0.5, 0.6) is 0 Å². The summed E-state index contributed by atoms with van der Waals surface area (Å²) in [4.78, 5) is 19.5. The van der Waals surface area contributed by atoms with Crippen molar-refractivity contribution in [2.75, 3.05) is 31.5 Å². The lowest BCUT2D eigenvalue weighted by atomic mass is 9.69. The van der Waals surface area contributed by atoms with Gasteiger partial charge in [0, 0.05) is 68.0 Å². The summed E-state index contributed by atoms with van der Waals surface area (Å²) < 4.78 is 70.2. The van der Waals surface area contributed by atoms with Crippen LogP contribution < -0.4 is 5.32 Å². The van der Waals surface area contributed by atoms with Crippen LogP contribution in [-0.2, 0) is 18.3 Å². The van der Waals surface area contributed by atoms with Gasteiger partial charge in [-0.2, -0.15) is 23.5 Å². The molecule has 0 unspecified atom stereocenters. The highest BCUT2D eigenvalue weighted by molar-refractivity contribution is 5.90. The Morgan fingerprint density at radius 1 is 1.11 bits per heavy atom. The molecule has 15 heteroatoms. The van der Waals surface area contributed by atoms with Crippen molar-refractivity contribution in [2.45, 2.75) is 74.8 Å². The molecule has 0 radical (unpaired) electrons. The summed E-state index contributed by atoms with van der Waals surface area (Å²) in [6.45, 7) is 1.17. The number of anilines is 1. The zero-order chi connectivity index (χ0) is 32.1. The van der Waals surface area contributed by atoms with Gasteiger partial charge in [-0.1, -0.05) is 0 Å². The minimum atomic E-state index is -4.65. The predicted octanol–water partition coefficient (Wildman–Crippen LogP) is 5.42. The molecule has 4 aromatic rings. The molecule has 46 heavy (non-hydrogen) atoms. The zero-order valence-corrected chi connectivity index (χ0v) is 24.9. The number of H-pyrrole nitrogens is 1. The molecule has 0 atom stereocenters. The van der Waals surface area contributed by atoms with Crippen LogP contribution in [0.2, 0.25) is 0 Å². The number of hydrogen-bond acceptors (Lipinski definition) is 8. The second kappa shape index (κ2) is 11.6. The van der Waals surface area contributed by atoms with E-state index in [0.29, 0.717) is 24.8 Å². The number of aromatic amines is 1. The molecule has 2 saturated heterocycles. The number of nitriles is 1. The van der Waals surface area contributed by atoms with Gasteiger partial charge < -0.3 is 15.2 Å². The molecule has 7 rings (SSSR count). The molecule has 242 valence electrons. The summed E-state index contributed by atoms with van der Waals surface area (Å²) in [5.41, 5.74) is 1.22. The van der Waals surface area contributed by atoms with E-state index in [1.807, 2.05) is 23.1 Å². The van der Waals surface area contributed by atoms with Crippen molar-refractivity contribution in [1.29, 1.82) is 5.26 Å². The van der Waals surface area contributed by atoms with E-state index in [1.54, 1.807) is 12.3 Å². The van der Waals surface area contributed by atoms with Crippen molar-refractivity contribution in [3.63, 3.8) is 0 Å². The van der Waals surface area contributed by atoms with Crippen LogP contribution >= 0.6 is 0 Å². The molecule has 3 fully saturated rings. The van der Waals surface area contributed by atoms with Gasteiger partial charge in [0.15, 0.2) is 0 Å². The number of nitrogens with one attached hydrogen (secondary N) is 2. The highest BCUT2D eigenvalue weighted by Gasteiger charge is 2.49. The Morgan fingerprint density at radius 3 is 2.63 bits per heavy atom. The van der Waals surface area contributed by atoms with Gasteiger partial charge in [-0.25, -0.2) is 23.7 Å². The lowest BCUT2D eigenvalue weighted by Gasteiger charge is -2.52. The lowest BCUT2D eigenvalue weighted by Crippen LogP contribution is -2.58. The SMILES string of the molecule is N#CCC1(n2cc(-c3ncnc4[nH]ccc34)cn2)CC(N2CCC(Nc3cc(CN4CCC(F)(F)C4)cc(C(F)(F)F)n3)CC2)C1. The number of likely N-dealkylation sites (tertiary alicyclic amines) is 2. The number of rotatable bonds is 8. The summed E-state index contributed by atoms with van der Waals surface area (Å²) in [6.07, 6.45) is 5.36. The first kappa shape index (κ1) is 30.5. The van der Waals surface area contributed by atoms with E-state index in [2.05, 4.69) is 41.3 Å². The molecule has 1 saturated carbocycles. The number of fused-ring (bicyclic) bond motifs is 1. The molecule has 6 heterocycles. The molecule has 0 bridgehead atoms. The first-order chi connectivity index (χ1) is 22.0. The normalized spacial score (nSPS) is 24.2. The van der Waals surface area contributed by atoms with Crippen molar-refractivity contribution in [1.82, 2.24) is 39.5 Å². The molecule has 2 N–H and O–H groups in total. The van der Waals surface area contributed by atoms with Gasteiger partial charge in [0.25, 0.3) is 5.92 Å². The van der Waals surface area contributed by atoms with Crippen LogP contribution in [0.4, 0.5) is 27.8 Å². The third-order valence-corrected chi connectivity index (χ3v) is 9.56. The van der Waals surface area contributed by atoms with Crippen molar-refractivity contribution in [2.24, 2.45) is 0 Å². The molecule has 3 aliphatic rings. The third-order valence-electron chi connectivity index (χ3n) is 9.56. The molecule has 0 spiro atoms. The molecule has 0 amide bonds. The molecule has 1 aliphatic carbocycles. The minimum Gasteiger partial charge on any atom is -0.367 e. The molecule has 0 aromatic carbocycles. The first-order valence-electron chi connectivity index (χ1n) is 15.4. The third kappa shape index (κ3) is 6.03. The number of hydrogen-bond donors (Lipinski definition) is 2. The number of piperidine rings is 1. The highest BCUT2D eigenvalue weighted by Crippen LogP contribution is 2.46. The summed E-state index contributed by atoms with van der Waals surface area (Å²) in [5, 5.41) is 18.4. The van der Waals surface area contributed by atoms with E-state index in [-0.39, 0.29) is 37.4 Å². The molecule has 10 nitrogen and oxygen atoms in total. The molecular formula is C31H33F5N10. The second-order valence-corrected chi connectivity index (χ2v) is 12.8. The van der Waals surface area contributed by atoms with Gasteiger partial charge in [-0.05, 0) is 49.4 Å². The van der Waals surface area contributed by atoms with Crippen LogP contribution in [-0.4, -0.2) is 83.7 Å². The minimum absolute atomic E-state index is 0.00765. The Kier molecular flexibility index (Phi) is 7.67. The van der Waals surface area contributed by atoms with Crippen LogP contribution in [0.3, 0.4) is 0 Å². The number of aromatic nitrogens is 6. The van der Waals surface area contributed by atoms with Crippen LogP contribution in [0.25, 0.3) is 22.3 Å². The van der Waals surface area contributed by atoms with Gasteiger partial charge in [0.2, 0.25) is 0 Å².